The standard InChI is InChI=1S/C22H30N2O3/c1-5-19(27-21-11-9-8-10-20(21)26-4)22(25)23-16-17-12-14-18(15-13-17)24(6-2)7-3/h8-15,19H,5-7,16H2,1-4H3,(H,23,25)/t19-/m0/s1. The molecular weight excluding hydrogens is 340 g/mol. The SMILES string of the molecule is CC[C@H](Oc1ccccc1OC)C(=O)NCc1ccc(N(CC)CC)cc1. The number of para-hydroxylation sites is 2. The summed E-state index contributed by atoms with van der Waals surface area (Å²) in [5, 5.41) is 2.97. The molecule has 5 nitrogen and oxygen atoms in total. The van der Waals surface area contributed by atoms with Gasteiger partial charge in [0.25, 0.3) is 5.91 Å². The number of nitrogens with one attached hydrogen (secondary N) is 1. The highest BCUT2D eigenvalue weighted by atomic mass is 16.5. The molecule has 0 aliphatic carbocycles. The summed E-state index contributed by atoms with van der Waals surface area (Å²) >= 11 is 0. The maximum Gasteiger partial charge on any atom is 0.261 e. The summed E-state index contributed by atoms with van der Waals surface area (Å²) in [5.41, 5.74) is 2.26. The van der Waals surface area contributed by atoms with Crippen LogP contribution in [0.1, 0.15) is 32.8 Å². The number of amides is 1. The van der Waals surface area contributed by atoms with Gasteiger partial charge in [-0.2, -0.15) is 0 Å². The lowest BCUT2D eigenvalue weighted by Crippen LogP contribution is -2.37. The first-order valence-electron chi connectivity index (χ1n) is 9.54. The highest BCUT2D eigenvalue weighted by Gasteiger charge is 2.19. The van der Waals surface area contributed by atoms with Gasteiger partial charge in [-0.1, -0.05) is 31.2 Å². The Morgan fingerprint density at radius 2 is 1.63 bits per heavy atom. The van der Waals surface area contributed by atoms with Gasteiger partial charge < -0.3 is 19.7 Å². The number of ether oxygens (including phenoxy) is 2. The van der Waals surface area contributed by atoms with E-state index in [4.69, 9.17) is 9.47 Å². The molecular formula is C22H30N2O3. The second kappa shape index (κ2) is 10.5. The lowest BCUT2D eigenvalue weighted by atomic mass is 10.2. The van der Waals surface area contributed by atoms with Gasteiger partial charge in [0.15, 0.2) is 17.6 Å². The van der Waals surface area contributed by atoms with Crippen LogP contribution < -0.4 is 19.7 Å². The molecule has 0 saturated carbocycles. The Kier molecular flexibility index (Phi) is 7.99. The van der Waals surface area contributed by atoms with Crippen LogP contribution in [0.4, 0.5) is 5.69 Å². The molecule has 2 rings (SSSR count). The first-order valence-corrected chi connectivity index (χ1v) is 9.54. The third-order valence-corrected chi connectivity index (χ3v) is 4.53. The zero-order valence-corrected chi connectivity index (χ0v) is 16.7. The van der Waals surface area contributed by atoms with Crippen molar-refractivity contribution < 1.29 is 14.3 Å². The molecule has 2 aromatic rings. The van der Waals surface area contributed by atoms with Crippen molar-refractivity contribution in [3.05, 3.63) is 54.1 Å². The molecule has 0 radical (unpaired) electrons. The first-order chi connectivity index (χ1) is 13.1. The number of anilines is 1. The Bertz CT molecular complexity index is 712. The third-order valence-electron chi connectivity index (χ3n) is 4.53. The monoisotopic (exact) mass is 370 g/mol. The molecule has 0 aliphatic rings. The molecule has 0 bridgehead atoms. The van der Waals surface area contributed by atoms with Crippen LogP contribution in [0, 0.1) is 0 Å². The van der Waals surface area contributed by atoms with Crippen molar-refractivity contribution in [1.82, 2.24) is 5.32 Å². The maximum atomic E-state index is 12.5. The van der Waals surface area contributed by atoms with Crippen molar-refractivity contribution in [1.29, 1.82) is 0 Å². The van der Waals surface area contributed by atoms with E-state index in [0.29, 0.717) is 24.5 Å². The van der Waals surface area contributed by atoms with Gasteiger partial charge in [0.2, 0.25) is 0 Å². The summed E-state index contributed by atoms with van der Waals surface area (Å²) in [7, 11) is 1.59. The quantitative estimate of drug-likeness (QED) is 0.686. The molecule has 5 heteroatoms. The number of benzene rings is 2. The molecule has 27 heavy (non-hydrogen) atoms. The van der Waals surface area contributed by atoms with Crippen molar-refractivity contribution in [2.24, 2.45) is 0 Å². The topological polar surface area (TPSA) is 50.8 Å². The third kappa shape index (κ3) is 5.64. The number of rotatable bonds is 10. The van der Waals surface area contributed by atoms with Gasteiger partial charge in [0.05, 0.1) is 7.11 Å². The van der Waals surface area contributed by atoms with Gasteiger partial charge in [-0.15, -0.1) is 0 Å². The Morgan fingerprint density at radius 3 is 2.19 bits per heavy atom. The van der Waals surface area contributed by atoms with Crippen LogP contribution >= 0.6 is 0 Å². The van der Waals surface area contributed by atoms with Crippen LogP contribution in [-0.2, 0) is 11.3 Å². The molecule has 0 saturated heterocycles. The van der Waals surface area contributed by atoms with Gasteiger partial charge in [0.1, 0.15) is 0 Å². The summed E-state index contributed by atoms with van der Waals surface area (Å²) in [6, 6.07) is 15.6. The van der Waals surface area contributed by atoms with E-state index in [0.717, 1.165) is 18.7 Å². The molecule has 0 spiro atoms. The fourth-order valence-corrected chi connectivity index (χ4v) is 2.91. The van der Waals surface area contributed by atoms with Gasteiger partial charge in [0, 0.05) is 25.3 Å². The Labute approximate surface area is 162 Å². The van der Waals surface area contributed by atoms with Gasteiger partial charge in [-0.3, -0.25) is 4.79 Å². The van der Waals surface area contributed by atoms with Crippen LogP contribution in [0.15, 0.2) is 48.5 Å². The van der Waals surface area contributed by atoms with Crippen molar-refractivity contribution in [2.45, 2.75) is 39.8 Å². The highest BCUT2D eigenvalue weighted by molar-refractivity contribution is 5.81. The number of hydrogen-bond acceptors (Lipinski definition) is 4. The van der Waals surface area contributed by atoms with Crippen LogP contribution in [0.5, 0.6) is 11.5 Å². The normalized spacial score (nSPS) is 11.6. The van der Waals surface area contributed by atoms with E-state index in [1.54, 1.807) is 13.2 Å². The molecule has 1 atom stereocenters. The van der Waals surface area contributed by atoms with E-state index in [1.807, 2.05) is 25.1 Å². The average Bonchev–Trinajstić information content (AvgIpc) is 2.72. The number of carbonyl (C=O) groups excluding carboxylic acids is 1. The minimum Gasteiger partial charge on any atom is -0.493 e. The first kappa shape index (κ1) is 20.6. The highest BCUT2D eigenvalue weighted by Crippen LogP contribution is 2.27. The molecule has 1 amide bonds. The number of nitrogens with zero attached hydrogens (tertiary/aromatic N) is 1. The fourth-order valence-electron chi connectivity index (χ4n) is 2.91. The largest absolute Gasteiger partial charge is 0.493 e. The van der Waals surface area contributed by atoms with Gasteiger partial charge >= 0.3 is 0 Å². The second-order valence-corrected chi connectivity index (χ2v) is 6.22. The molecule has 0 fully saturated rings. The Balaban J connectivity index is 1.95. The molecule has 1 N–H and O–H groups in total. The summed E-state index contributed by atoms with van der Waals surface area (Å²) in [6.45, 7) is 8.65. The van der Waals surface area contributed by atoms with E-state index < -0.39 is 6.10 Å². The predicted molar refractivity (Wildman–Crippen MR) is 110 cm³/mol. The van der Waals surface area contributed by atoms with Crippen LogP contribution in [0.2, 0.25) is 0 Å². The van der Waals surface area contributed by atoms with E-state index in [1.165, 1.54) is 5.69 Å². The van der Waals surface area contributed by atoms with Crippen molar-refractivity contribution >= 4 is 11.6 Å². The molecule has 2 aromatic carbocycles. The molecule has 146 valence electrons. The van der Waals surface area contributed by atoms with Crippen LogP contribution in [-0.4, -0.2) is 32.2 Å². The minimum atomic E-state index is -0.559. The Morgan fingerprint density at radius 1 is 1.00 bits per heavy atom. The molecule has 0 aromatic heterocycles. The summed E-state index contributed by atoms with van der Waals surface area (Å²) in [4.78, 5) is 14.8. The van der Waals surface area contributed by atoms with Crippen LogP contribution in [0.3, 0.4) is 0 Å². The second-order valence-electron chi connectivity index (χ2n) is 6.22. The molecule has 0 aliphatic heterocycles. The number of hydrogen-bond donors (Lipinski definition) is 1. The van der Waals surface area contributed by atoms with Gasteiger partial charge in [-0.05, 0) is 50.1 Å². The van der Waals surface area contributed by atoms with E-state index in [9.17, 15) is 4.79 Å². The average molecular weight is 370 g/mol. The molecule has 0 heterocycles. The zero-order chi connectivity index (χ0) is 19.6. The minimum absolute atomic E-state index is 0.128. The predicted octanol–water partition coefficient (Wildman–Crippen LogP) is 4.02. The zero-order valence-electron chi connectivity index (χ0n) is 16.7. The lowest BCUT2D eigenvalue weighted by Gasteiger charge is -2.21. The van der Waals surface area contributed by atoms with Crippen LogP contribution in [0.25, 0.3) is 0 Å². The fraction of sp³-hybridized carbons (Fsp3) is 0.409. The van der Waals surface area contributed by atoms with Crippen molar-refractivity contribution in [3.63, 3.8) is 0 Å². The van der Waals surface area contributed by atoms with E-state index in [2.05, 4.69) is 48.3 Å². The summed E-state index contributed by atoms with van der Waals surface area (Å²) < 4.78 is 11.2. The smallest absolute Gasteiger partial charge is 0.261 e. The number of carbonyl (C=O) groups is 1. The maximum absolute atomic E-state index is 12.5. The summed E-state index contributed by atoms with van der Waals surface area (Å²) in [5.74, 6) is 1.07. The van der Waals surface area contributed by atoms with Gasteiger partial charge in [-0.25, -0.2) is 0 Å². The molecule has 0 unspecified atom stereocenters. The number of methoxy groups -OCH3 is 1. The van der Waals surface area contributed by atoms with E-state index >= 15 is 0 Å². The van der Waals surface area contributed by atoms with Crippen molar-refractivity contribution in [2.75, 3.05) is 25.1 Å². The van der Waals surface area contributed by atoms with E-state index in [-0.39, 0.29) is 5.91 Å². The Hall–Kier alpha value is -2.69. The van der Waals surface area contributed by atoms with Crippen molar-refractivity contribution in [3.8, 4) is 11.5 Å². The lowest BCUT2D eigenvalue weighted by molar-refractivity contribution is -0.128. The summed E-state index contributed by atoms with van der Waals surface area (Å²) in [6.07, 6.45) is 0.0152.